The third-order valence-electron chi connectivity index (χ3n) is 4.79. The summed E-state index contributed by atoms with van der Waals surface area (Å²) in [6.45, 7) is 6.98. The molecule has 0 spiro atoms. The number of rotatable bonds is 8. The first kappa shape index (κ1) is 20.9. The molecule has 1 aromatic heterocycles. The number of alkyl halides is 2. The molecule has 0 amide bonds. The van der Waals surface area contributed by atoms with Crippen molar-refractivity contribution in [2.45, 2.75) is 45.4 Å². The van der Waals surface area contributed by atoms with Gasteiger partial charge in [0.05, 0.1) is 12.1 Å². The number of halogens is 2. The SMILES string of the molecule is CCNc1ccc2c(c1)OC(C)(C)Cn1cc(N(C)C(COC=O)C(F)F)nc1-2. The predicted molar refractivity (Wildman–Crippen MR) is 107 cm³/mol. The van der Waals surface area contributed by atoms with E-state index in [1.54, 1.807) is 6.20 Å². The van der Waals surface area contributed by atoms with Gasteiger partial charge < -0.3 is 24.3 Å². The van der Waals surface area contributed by atoms with Gasteiger partial charge in [-0.1, -0.05) is 0 Å². The smallest absolute Gasteiger partial charge is 0.293 e. The second-order valence-corrected chi connectivity index (χ2v) is 7.60. The molecule has 1 N–H and O–H groups in total. The summed E-state index contributed by atoms with van der Waals surface area (Å²) in [5, 5.41) is 3.26. The van der Waals surface area contributed by atoms with E-state index in [4.69, 9.17) is 4.74 Å². The minimum Gasteiger partial charge on any atom is -0.485 e. The average Bonchev–Trinajstić information content (AvgIpc) is 3.00. The predicted octanol–water partition coefficient (Wildman–Crippen LogP) is 3.40. The summed E-state index contributed by atoms with van der Waals surface area (Å²) in [5.74, 6) is 1.70. The van der Waals surface area contributed by atoms with Gasteiger partial charge in [-0.15, -0.1) is 0 Å². The van der Waals surface area contributed by atoms with Crippen LogP contribution >= 0.6 is 0 Å². The highest BCUT2D eigenvalue weighted by Crippen LogP contribution is 2.39. The van der Waals surface area contributed by atoms with Crippen LogP contribution in [0.2, 0.25) is 0 Å². The van der Waals surface area contributed by atoms with E-state index in [9.17, 15) is 13.6 Å². The number of carbonyl (C=O) groups is 1. The van der Waals surface area contributed by atoms with Crippen LogP contribution in [0.25, 0.3) is 11.4 Å². The van der Waals surface area contributed by atoms with Crippen LogP contribution < -0.4 is 15.0 Å². The topological polar surface area (TPSA) is 68.6 Å². The van der Waals surface area contributed by atoms with Crippen molar-refractivity contribution in [1.29, 1.82) is 0 Å². The van der Waals surface area contributed by atoms with Gasteiger partial charge >= 0.3 is 0 Å². The highest BCUT2D eigenvalue weighted by atomic mass is 19.3. The lowest BCUT2D eigenvalue weighted by Crippen LogP contribution is -2.41. The fourth-order valence-electron chi connectivity index (χ4n) is 3.41. The number of likely N-dealkylation sites (N-methyl/N-ethyl adjacent to an activating group) is 1. The Morgan fingerprint density at radius 3 is 2.86 bits per heavy atom. The molecule has 29 heavy (non-hydrogen) atoms. The van der Waals surface area contributed by atoms with Crippen molar-refractivity contribution in [3.63, 3.8) is 0 Å². The van der Waals surface area contributed by atoms with Gasteiger partial charge in [0.1, 0.15) is 35.6 Å². The number of hydrogen-bond donors (Lipinski definition) is 1. The van der Waals surface area contributed by atoms with Gasteiger partial charge in [0.15, 0.2) is 0 Å². The molecule has 1 aromatic carbocycles. The lowest BCUT2D eigenvalue weighted by atomic mass is 10.1. The third-order valence-corrected chi connectivity index (χ3v) is 4.79. The van der Waals surface area contributed by atoms with Gasteiger partial charge in [-0.25, -0.2) is 13.8 Å². The molecule has 2 heterocycles. The second kappa shape index (κ2) is 8.26. The van der Waals surface area contributed by atoms with Gasteiger partial charge in [0.25, 0.3) is 12.9 Å². The van der Waals surface area contributed by atoms with Crippen molar-refractivity contribution in [1.82, 2.24) is 9.55 Å². The second-order valence-electron chi connectivity index (χ2n) is 7.60. The molecule has 0 fully saturated rings. The highest BCUT2D eigenvalue weighted by Gasteiger charge is 2.32. The molecule has 0 radical (unpaired) electrons. The molecular weight excluding hydrogens is 382 g/mol. The van der Waals surface area contributed by atoms with Gasteiger partial charge in [-0.3, -0.25) is 4.79 Å². The van der Waals surface area contributed by atoms with Crippen LogP contribution in [0.4, 0.5) is 20.3 Å². The number of ether oxygens (including phenoxy) is 2. The number of aromatic nitrogens is 2. The number of benzene rings is 1. The van der Waals surface area contributed by atoms with Crippen molar-refractivity contribution < 1.29 is 23.0 Å². The standard InChI is InChI=1S/C20H26F2N4O3/c1-5-23-13-6-7-14-16(8-13)29-20(2,3)11-26-9-17(24-19(14)26)25(4)15(18(21)22)10-28-12-27/h6-9,12,15,18,23H,5,10-11H2,1-4H3. The summed E-state index contributed by atoms with van der Waals surface area (Å²) < 4.78 is 39.7. The van der Waals surface area contributed by atoms with Gasteiger partial charge in [-0.2, -0.15) is 0 Å². The first-order valence-electron chi connectivity index (χ1n) is 9.46. The van der Waals surface area contributed by atoms with Crippen LogP contribution in [-0.2, 0) is 16.1 Å². The first-order chi connectivity index (χ1) is 13.8. The number of fused-ring (bicyclic) bond motifs is 3. The molecule has 0 bridgehead atoms. The minimum atomic E-state index is -2.70. The fraction of sp³-hybridized carbons (Fsp3) is 0.500. The summed E-state index contributed by atoms with van der Waals surface area (Å²) in [4.78, 5) is 16.4. The highest BCUT2D eigenvalue weighted by molar-refractivity contribution is 5.71. The molecule has 7 nitrogen and oxygen atoms in total. The van der Waals surface area contributed by atoms with Crippen LogP contribution in [0, 0.1) is 0 Å². The van der Waals surface area contributed by atoms with Crippen LogP contribution in [0.15, 0.2) is 24.4 Å². The van der Waals surface area contributed by atoms with Crippen LogP contribution in [-0.4, -0.2) is 54.3 Å². The van der Waals surface area contributed by atoms with Gasteiger partial charge in [0.2, 0.25) is 0 Å². The summed E-state index contributed by atoms with van der Waals surface area (Å²) in [6.07, 6.45) is -0.972. The van der Waals surface area contributed by atoms with E-state index in [1.165, 1.54) is 11.9 Å². The maximum Gasteiger partial charge on any atom is 0.293 e. The molecule has 1 aliphatic heterocycles. The average molecular weight is 408 g/mol. The Labute approximate surface area is 168 Å². The van der Waals surface area contributed by atoms with Crippen molar-refractivity contribution in [3.05, 3.63) is 24.4 Å². The molecule has 1 unspecified atom stereocenters. The van der Waals surface area contributed by atoms with Crippen LogP contribution in [0.1, 0.15) is 20.8 Å². The quantitative estimate of drug-likeness (QED) is 0.676. The van der Waals surface area contributed by atoms with Gasteiger partial charge in [-0.05, 0) is 32.9 Å². The molecule has 0 saturated carbocycles. The molecule has 3 rings (SSSR count). The van der Waals surface area contributed by atoms with E-state index < -0.39 is 24.7 Å². The van der Waals surface area contributed by atoms with Gasteiger partial charge in [0, 0.05) is 31.5 Å². The molecule has 2 aromatic rings. The summed E-state index contributed by atoms with van der Waals surface area (Å²) in [6, 6.07) is 4.48. The Hall–Kier alpha value is -2.84. The number of anilines is 2. The fourth-order valence-corrected chi connectivity index (χ4v) is 3.41. The maximum absolute atomic E-state index is 13.5. The third kappa shape index (κ3) is 4.44. The lowest BCUT2D eigenvalue weighted by molar-refractivity contribution is -0.130. The van der Waals surface area contributed by atoms with E-state index in [0.717, 1.165) is 17.8 Å². The maximum atomic E-state index is 13.5. The van der Waals surface area contributed by atoms with Crippen molar-refractivity contribution in [2.75, 3.05) is 30.4 Å². The lowest BCUT2D eigenvalue weighted by Gasteiger charge is -2.27. The van der Waals surface area contributed by atoms with Crippen molar-refractivity contribution in [3.8, 4) is 17.1 Å². The normalized spacial score (nSPS) is 15.6. The number of nitrogens with one attached hydrogen (secondary N) is 1. The Morgan fingerprint density at radius 2 is 2.21 bits per heavy atom. The number of hydrogen-bond acceptors (Lipinski definition) is 6. The Balaban J connectivity index is 2.02. The monoisotopic (exact) mass is 408 g/mol. The Kier molecular flexibility index (Phi) is 5.95. The van der Waals surface area contributed by atoms with E-state index in [1.807, 2.05) is 43.5 Å². The molecule has 9 heteroatoms. The molecule has 0 saturated heterocycles. The molecular formula is C20H26F2N4O3. The zero-order valence-corrected chi connectivity index (χ0v) is 17.0. The molecule has 1 aliphatic rings. The zero-order chi connectivity index (χ0) is 21.2. The summed E-state index contributed by atoms with van der Waals surface area (Å²) in [7, 11) is 1.52. The number of nitrogens with zero attached hydrogens (tertiary/aromatic N) is 3. The molecule has 1 atom stereocenters. The molecule has 158 valence electrons. The van der Waals surface area contributed by atoms with Crippen LogP contribution in [0.3, 0.4) is 0 Å². The zero-order valence-electron chi connectivity index (χ0n) is 17.0. The number of carbonyl (C=O) groups excluding carboxylic acids is 1. The Morgan fingerprint density at radius 1 is 1.45 bits per heavy atom. The van der Waals surface area contributed by atoms with Crippen molar-refractivity contribution in [2.24, 2.45) is 0 Å². The number of imidazole rings is 1. The summed E-state index contributed by atoms with van der Waals surface area (Å²) in [5.41, 5.74) is 1.20. The van der Waals surface area contributed by atoms with E-state index in [-0.39, 0.29) is 6.47 Å². The molecule has 0 aliphatic carbocycles. The van der Waals surface area contributed by atoms with Crippen molar-refractivity contribution >= 4 is 18.0 Å². The summed E-state index contributed by atoms with van der Waals surface area (Å²) >= 11 is 0. The van der Waals surface area contributed by atoms with E-state index >= 15 is 0 Å². The van der Waals surface area contributed by atoms with Crippen LogP contribution in [0.5, 0.6) is 5.75 Å². The minimum absolute atomic E-state index is 0.170. The Bertz CT molecular complexity index is 869. The van der Waals surface area contributed by atoms with E-state index in [2.05, 4.69) is 15.0 Å². The largest absolute Gasteiger partial charge is 0.485 e. The first-order valence-corrected chi connectivity index (χ1v) is 9.46. The van der Waals surface area contributed by atoms with E-state index in [0.29, 0.717) is 23.9 Å².